The van der Waals surface area contributed by atoms with Crippen molar-refractivity contribution in [1.82, 2.24) is 4.90 Å². The molecule has 1 atom stereocenters. The maximum absolute atomic E-state index is 12.0. The highest BCUT2D eigenvalue weighted by atomic mass is 16.1. The van der Waals surface area contributed by atoms with Gasteiger partial charge in [-0.2, -0.15) is 0 Å². The molecule has 1 rings (SSSR count). The van der Waals surface area contributed by atoms with E-state index in [9.17, 15) is 4.79 Å². The van der Waals surface area contributed by atoms with Gasteiger partial charge in [0, 0.05) is 12.5 Å². The van der Waals surface area contributed by atoms with E-state index in [0.29, 0.717) is 5.78 Å². The van der Waals surface area contributed by atoms with Gasteiger partial charge in [0.15, 0.2) is 5.78 Å². The van der Waals surface area contributed by atoms with E-state index in [4.69, 9.17) is 0 Å². The fourth-order valence-corrected chi connectivity index (χ4v) is 2.33. The van der Waals surface area contributed by atoms with Gasteiger partial charge in [0.05, 0.1) is 0 Å². The van der Waals surface area contributed by atoms with Crippen molar-refractivity contribution in [3.05, 3.63) is 11.6 Å². The van der Waals surface area contributed by atoms with Gasteiger partial charge in [0.1, 0.15) is 0 Å². The molecule has 1 aliphatic carbocycles. The fourth-order valence-electron chi connectivity index (χ4n) is 2.33. The molecule has 0 aromatic rings. The first-order valence-electron chi connectivity index (χ1n) is 6.53. The summed E-state index contributed by atoms with van der Waals surface area (Å²) in [6.07, 6.45) is 9.09. The molecule has 0 spiro atoms. The highest BCUT2D eigenvalue weighted by Crippen LogP contribution is 2.27. The zero-order chi connectivity index (χ0) is 12.0. The number of carbonyl (C=O) groups excluding carboxylic acids is 1. The van der Waals surface area contributed by atoms with Gasteiger partial charge in [-0.15, -0.1) is 0 Å². The maximum atomic E-state index is 12.0. The second-order valence-electron chi connectivity index (χ2n) is 5.09. The van der Waals surface area contributed by atoms with Crippen molar-refractivity contribution in [1.29, 1.82) is 0 Å². The summed E-state index contributed by atoms with van der Waals surface area (Å²) in [5.74, 6) is 0.664. The van der Waals surface area contributed by atoms with E-state index in [0.717, 1.165) is 31.4 Å². The average molecular weight is 223 g/mol. The summed E-state index contributed by atoms with van der Waals surface area (Å²) in [4.78, 5) is 14.1. The third kappa shape index (κ3) is 4.09. The molecule has 0 aromatic carbocycles. The highest BCUT2D eigenvalue weighted by molar-refractivity contribution is 5.99. The lowest BCUT2D eigenvalue weighted by Gasteiger charge is -2.13. The minimum atomic E-state index is 0.257. The predicted octanol–water partition coefficient (Wildman–Crippen LogP) is 3.03. The van der Waals surface area contributed by atoms with Crippen molar-refractivity contribution < 1.29 is 4.79 Å². The molecule has 1 saturated carbocycles. The van der Waals surface area contributed by atoms with E-state index in [-0.39, 0.29) is 5.92 Å². The zero-order valence-corrected chi connectivity index (χ0v) is 11.0. The Morgan fingerprint density at radius 2 is 2.12 bits per heavy atom. The Hall–Kier alpha value is -0.630. The molecule has 2 heteroatoms. The average Bonchev–Trinajstić information content (AvgIpc) is 2.56. The Labute approximate surface area is 99.7 Å². The number of ketones is 1. The van der Waals surface area contributed by atoms with Crippen LogP contribution in [0.25, 0.3) is 0 Å². The Kier molecular flexibility index (Phi) is 5.75. The van der Waals surface area contributed by atoms with Gasteiger partial charge < -0.3 is 4.90 Å². The van der Waals surface area contributed by atoms with Gasteiger partial charge in [-0.3, -0.25) is 4.79 Å². The standard InChI is InChI=1S/C14H25NO/c1-4-5-6-7-8-12-9-10-13(14(12)16)11-15(2)3/h8,13H,4-7,9-11H2,1-3H3/b12-8+. The summed E-state index contributed by atoms with van der Waals surface area (Å²) in [5.41, 5.74) is 1.10. The highest BCUT2D eigenvalue weighted by Gasteiger charge is 2.28. The molecule has 0 saturated heterocycles. The normalized spacial score (nSPS) is 23.6. The zero-order valence-electron chi connectivity index (χ0n) is 11.0. The quantitative estimate of drug-likeness (QED) is 0.509. The predicted molar refractivity (Wildman–Crippen MR) is 68.5 cm³/mol. The lowest BCUT2D eigenvalue weighted by molar-refractivity contribution is -0.118. The van der Waals surface area contributed by atoms with Crippen LogP contribution < -0.4 is 0 Å². The van der Waals surface area contributed by atoms with Crippen LogP contribution in [0.15, 0.2) is 11.6 Å². The summed E-state index contributed by atoms with van der Waals surface area (Å²) in [6, 6.07) is 0. The van der Waals surface area contributed by atoms with Crippen molar-refractivity contribution >= 4 is 5.78 Å². The smallest absolute Gasteiger partial charge is 0.162 e. The molecule has 92 valence electrons. The van der Waals surface area contributed by atoms with Gasteiger partial charge in [0.25, 0.3) is 0 Å². The number of nitrogens with zero attached hydrogens (tertiary/aromatic N) is 1. The van der Waals surface area contributed by atoms with Gasteiger partial charge in [0.2, 0.25) is 0 Å². The minimum Gasteiger partial charge on any atom is -0.309 e. The lowest BCUT2D eigenvalue weighted by atomic mass is 10.1. The summed E-state index contributed by atoms with van der Waals surface area (Å²) < 4.78 is 0. The van der Waals surface area contributed by atoms with Crippen LogP contribution in [0, 0.1) is 5.92 Å². The third-order valence-electron chi connectivity index (χ3n) is 3.23. The minimum absolute atomic E-state index is 0.257. The van der Waals surface area contributed by atoms with Crippen LogP contribution in [0.4, 0.5) is 0 Å². The molecule has 16 heavy (non-hydrogen) atoms. The molecule has 1 unspecified atom stereocenters. The van der Waals surface area contributed by atoms with Crippen molar-refractivity contribution in [2.45, 2.75) is 45.4 Å². The molecule has 1 aliphatic rings. The van der Waals surface area contributed by atoms with E-state index in [1.807, 2.05) is 14.1 Å². The molecule has 0 bridgehead atoms. The van der Waals surface area contributed by atoms with Crippen LogP contribution in [0.1, 0.15) is 45.4 Å². The molecule has 0 radical (unpaired) electrons. The summed E-state index contributed by atoms with van der Waals surface area (Å²) in [5, 5.41) is 0. The largest absolute Gasteiger partial charge is 0.309 e. The van der Waals surface area contributed by atoms with E-state index in [2.05, 4.69) is 17.9 Å². The molecular formula is C14H25NO. The van der Waals surface area contributed by atoms with Crippen LogP contribution >= 0.6 is 0 Å². The number of Topliss-reactive ketones (excluding diaryl/α,β-unsaturated/α-hetero) is 1. The first-order valence-corrected chi connectivity index (χ1v) is 6.53. The lowest BCUT2D eigenvalue weighted by Crippen LogP contribution is -2.24. The molecule has 0 N–H and O–H groups in total. The van der Waals surface area contributed by atoms with Crippen LogP contribution in [0.2, 0.25) is 0 Å². The van der Waals surface area contributed by atoms with Gasteiger partial charge >= 0.3 is 0 Å². The molecule has 1 fully saturated rings. The SMILES string of the molecule is CCCCC/C=C1\CCC(CN(C)C)C1=O. The third-order valence-corrected chi connectivity index (χ3v) is 3.23. The molecule has 0 amide bonds. The van der Waals surface area contributed by atoms with Crippen LogP contribution in [0.3, 0.4) is 0 Å². The Balaban J connectivity index is 2.38. The van der Waals surface area contributed by atoms with Crippen LogP contribution in [-0.4, -0.2) is 31.3 Å². The van der Waals surface area contributed by atoms with E-state index >= 15 is 0 Å². The van der Waals surface area contributed by atoms with Crippen molar-refractivity contribution in [3.63, 3.8) is 0 Å². The Morgan fingerprint density at radius 3 is 2.75 bits per heavy atom. The molecule has 0 aliphatic heterocycles. The van der Waals surface area contributed by atoms with E-state index < -0.39 is 0 Å². The maximum Gasteiger partial charge on any atom is 0.162 e. The van der Waals surface area contributed by atoms with Crippen molar-refractivity contribution in [2.75, 3.05) is 20.6 Å². The first kappa shape index (κ1) is 13.4. The van der Waals surface area contributed by atoms with E-state index in [1.165, 1.54) is 19.3 Å². The van der Waals surface area contributed by atoms with E-state index in [1.54, 1.807) is 0 Å². The molecule has 2 nitrogen and oxygen atoms in total. The molecule has 0 aromatic heterocycles. The second kappa shape index (κ2) is 6.85. The molecular weight excluding hydrogens is 198 g/mol. The van der Waals surface area contributed by atoms with Crippen molar-refractivity contribution in [3.8, 4) is 0 Å². The number of unbranched alkanes of at least 4 members (excludes halogenated alkanes) is 3. The Morgan fingerprint density at radius 1 is 1.38 bits per heavy atom. The number of hydrogen-bond donors (Lipinski definition) is 0. The number of allylic oxidation sites excluding steroid dienone is 2. The topological polar surface area (TPSA) is 20.3 Å². The number of hydrogen-bond acceptors (Lipinski definition) is 2. The number of carbonyl (C=O) groups is 1. The van der Waals surface area contributed by atoms with Gasteiger partial charge in [-0.25, -0.2) is 0 Å². The number of rotatable bonds is 6. The summed E-state index contributed by atoms with van der Waals surface area (Å²) in [6.45, 7) is 3.12. The van der Waals surface area contributed by atoms with Gasteiger partial charge in [-0.1, -0.05) is 25.8 Å². The van der Waals surface area contributed by atoms with Crippen LogP contribution in [0.5, 0.6) is 0 Å². The van der Waals surface area contributed by atoms with Gasteiger partial charge in [-0.05, 0) is 45.4 Å². The second-order valence-corrected chi connectivity index (χ2v) is 5.09. The summed E-state index contributed by atoms with van der Waals surface area (Å²) >= 11 is 0. The fraction of sp³-hybridized carbons (Fsp3) is 0.786. The Bertz CT molecular complexity index is 255. The monoisotopic (exact) mass is 223 g/mol. The van der Waals surface area contributed by atoms with Crippen molar-refractivity contribution in [2.24, 2.45) is 5.92 Å². The first-order chi connectivity index (χ1) is 7.65. The van der Waals surface area contributed by atoms with Crippen LogP contribution in [-0.2, 0) is 4.79 Å². The summed E-state index contributed by atoms with van der Waals surface area (Å²) in [7, 11) is 4.08. The molecule has 0 heterocycles.